The van der Waals surface area contributed by atoms with Crippen molar-refractivity contribution >= 4 is 17.9 Å². The standard InChI is InChI=1S/C15H20N2O7/c18-13(19)8-16-5-6-24-11-3-1-10(2-4-11)7-12(15(22)23)17-9-14(20)21/h1-4,12,16-17H,5-9H2,(H,18,19)(H,20,21)(H,22,23)/t12-/m0/s1. The van der Waals surface area contributed by atoms with Crippen molar-refractivity contribution in [2.45, 2.75) is 12.5 Å². The monoisotopic (exact) mass is 340 g/mol. The van der Waals surface area contributed by atoms with Gasteiger partial charge in [0.2, 0.25) is 0 Å². The molecule has 5 N–H and O–H groups in total. The van der Waals surface area contributed by atoms with Gasteiger partial charge in [-0.1, -0.05) is 12.1 Å². The minimum atomic E-state index is -1.12. The van der Waals surface area contributed by atoms with Crippen LogP contribution in [0.2, 0.25) is 0 Å². The first kappa shape index (κ1) is 19.4. The molecule has 0 saturated carbocycles. The summed E-state index contributed by atoms with van der Waals surface area (Å²) in [5.74, 6) is -2.62. The molecule has 0 aliphatic heterocycles. The highest BCUT2D eigenvalue weighted by Crippen LogP contribution is 2.13. The van der Waals surface area contributed by atoms with E-state index >= 15 is 0 Å². The Kier molecular flexibility index (Phi) is 8.23. The van der Waals surface area contributed by atoms with E-state index in [0.29, 0.717) is 18.9 Å². The zero-order chi connectivity index (χ0) is 17.9. The molecule has 0 bridgehead atoms. The van der Waals surface area contributed by atoms with Gasteiger partial charge < -0.3 is 25.4 Å². The van der Waals surface area contributed by atoms with Gasteiger partial charge >= 0.3 is 17.9 Å². The van der Waals surface area contributed by atoms with E-state index in [2.05, 4.69) is 10.6 Å². The second-order valence-electron chi connectivity index (χ2n) is 4.93. The molecule has 0 aromatic heterocycles. The average Bonchev–Trinajstić information content (AvgIpc) is 2.51. The zero-order valence-corrected chi connectivity index (χ0v) is 12.9. The predicted octanol–water partition coefficient (Wildman–Crippen LogP) is -0.590. The molecule has 1 rings (SSSR count). The Hall–Kier alpha value is -2.65. The van der Waals surface area contributed by atoms with Crippen molar-refractivity contribution in [1.82, 2.24) is 10.6 Å². The van der Waals surface area contributed by atoms with Crippen LogP contribution in [0.1, 0.15) is 5.56 Å². The van der Waals surface area contributed by atoms with Crippen LogP contribution in [-0.4, -0.2) is 65.5 Å². The molecule has 1 atom stereocenters. The second kappa shape index (κ2) is 10.2. The van der Waals surface area contributed by atoms with Crippen LogP contribution in [0.4, 0.5) is 0 Å². The highest BCUT2D eigenvalue weighted by molar-refractivity contribution is 5.75. The van der Waals surface area contributed by atoms with Crippen molar-refractivity contribution in [3.05, 3.63) is 29.8 Å². The molecular formula is C15H20N2O7. The van der Waals surface area contributed by atoms with Gasteiger partial charge in [0.15, 0.2) is 0 Å². The fourth-order valence-electron chi connectivity index (χ4n) is 1.85. The Balaban J connectivity index is 2.43. The zero-order valence-electron chi connectivity index (χ0n) is 12.9. The largest absolute Gasteiger partial charge is 0.492 e. The molecule has 0 amide bonds. The smallest absolute Gasteiger partial charge is 0.321 e. The van der Waals surface area contributed by atoms with Crippen LogP contribution in [0, 0.1) is 0 Å². The Morgan fingerprint density at radius 1 is 1.00 bits per heavy atom. The Labute approximate surface area is 138 Å². The Morgan fingerprint density at radius 2 is 1.62 bits per heavy atom. The fourth-order valence-corrected chi connectivity index (χ4v) is 1.85. The normalized spacial score (nSPS) is 11.7. The summed E-state index contributed by atoms with van der Waals surface area (Å²) in [7, 11) is 0. The van der Waals surface area contributed by atoms with Gasteiger partial charge in [0.25, 0.3) is 0 Å². The second-order valence-corrected chi connectivity index (χ2v) is 4.93. The lowest BCUT2D eigenvalue weighted by molar-refractivity contribution is -0.140. The van der Waals surface area contributed by atoms with Gasteiger partial charge in [-0.05, 0) is 24.1 Å². The first-order valence-electron chi connectivity index (χ1n) is 7.20. The molecule has 0 saturated heterocycles. The third-order valence-electron chi connectivity index (χ3n) is 2.98. The number of aliphatic carboxylic acids is 3. The van der Waals surface area contributed by atoms with Gasteiger partial charge in [-0.25, -0.2) is 0 Å². The fraction of sp³-hybridized carbons (Fsp3) is 0.400. The summed E-state index contributed by atoms with van der Waals surface area (Å²) in [6.45, 7) is 0.114. The lowest BCUT2D eigenvalue weighted by Crippen LogP contribution is -2.41. The molecular weight excluding hydrogens is 320 g/mol. The van der Waals surface area contributed by atoms with Crippen LogP contribution in [-0.2, 0) is 20.8 Å². The van der Waals surface area contributed by atoms with E-state index in [4.69, 9.17) is 20.1 Å². The van der Waals surface area contributed by atoms with Crippen LogP contribution in [0.25, 0.3) is 0 Å². The van der Waals surface area contributed by atoms with Gasteiger partial charge in [-0.2, -0.15) is 0 Å². The summed E-state index contributed by atoms with van der Waals surface area (Å²) < 4.78 is 5.41. The highest BCUT2D eigenvalue weighted by Gasteiger charge is 2.18. The third kappa shape index (κ3) is 8.11. The average molecular weight is 340 g/mol. The van der Waals surface area contributed by atoms with E-state index in [9.17, 15) is 14.4 Å². The minimum absolute atomic E-state index is 0.137. The van der Waals surface area contributed by atoms with Gasteiger partial charge in [0.1, 0.15) is 18.4 Å². The first-order chi connectivity index (χ1) is 11.4. The van der Waals surface area contributed by atoms with Crippen molar-refractivity contribution in [3.8, 4) is 5.75 Å². The van der Waals surface area contributed by atoms with Gasteiger partial charge in [0, 0.05) is 6.54 Å². The first-order valence-corrected chi connectivity index (χ1v) is 7.20. The van der Waals surface area contributed by atoms with Gasteiger partial charge in [-0.3, -0.25) is 19.7 Å². The third-order valence-corrected chi connectivity index (χ3v) is 2.98. The van der Waals surface area contributed by atoms with Crippen LogP contribution in [0.3, 0.4) is 0 Å². The number of rotatable bonds is 12. The number of hydrogen-bond donors (Lipinski definition) is 5. The Morgan fingerprint density at radius 3 is 2.17 bits per heavy atom. The van der Waals surface area contributed by atoms with Crippen molar-refractivity contribution in [3.63, 3.8) is 0 Å². The Bertz CT molecular complexity index is 559. The van der Waals surface area contributed by atoms with E-state index in [1.54, 1.807) is 24.3 Å². The molecule has 0 fully saturated rings. The maximum atomic E-state index is 11.1. The topological polar surface area (TPSA) is 145 Å². The number of benzene rings is 1. The lowest BCUT2D eigenvalue weighted by atomic mass is 10.1. The highest BCUT2D eigenvalue weighted by atomic mass is 16.5. The van der Waals surface area contributed by atoms with Crippen LogP contribution < -0.4 is 15.4 Å². The van der Waals surface area contributed by atoms with E-state index in [-0.39, 0.29) is 13.0 Å². The number of carbonyl (C=O) groups is 3. The number of ether oxygens (including phenoxy) is 1. The predicted molar refractivity (Wildman–Crippen MR) is 83.2 cm³/mol. The maximum absolute atomic E-state index is 11.1. The summed E-state index contributed by atoms with van der Waals surface area (Å²) >= 11 is 0. The molecule has 1 aromatic carbocycles. The van der Waals surface area contributed by atoms with E-state index in [0.717, 1.165) is 5.56 Å². The molecule has 9 heteroatoms. The van der Waals surface area contributed by atoms with Crippen LogP contribution in [0.15, 0.2) is 24.3 Å². The maximum Gasteiger partial charge on any atom is 0.321 e. The quantitative estimate of drug-likeness (QED) is 0.315. The van der Waals surface area contributed by atoms with E-state index in [1.165, 1.54) is 0 Å². The summed E-state index contributed by atoms with van der Waals surface area (Å²) in [5, 5.41) is 31.3. The molecule has 0 unspecified atom stereocenters. The van der Waals surface area contributed by atoms with Crippen LogP contribution in [0.5, 0.6) is 5.75 Å². The van der Waals surface area contributed by atoms with Crippen molar-refractivity contribution in [1.29, 1.82) is 0 Å². The van der Waals surface area contributed by atoms with Crippen molar-refractivity contribution in [2.75, 3.05) is 26.2 Å². The molecule has 132 valence electrons. The molecule has 0 aliphatic carbocycles. The number of carboxylic acid groups (broad SMARTS) is 3. The van der Waals surface area contributed by atoms with E-state index < -0.39 is 30.5 Å². The van der Waals surface area contributed by atoms with Gasteiger partial charge in [-0.15, -0.1) is 0 Å². The summed E-state index contributed by atoms with van der Waals surface area (Å²) in [5.41, 5.74) is 0.719. The number of nitrogens with one attached hydrogen (secondary N) is 2. The van der Waals surface area contributed by atoms with E-state index in [1.807, 2.05) is 0 Å². The molecule has 9 nitrogen and oxygen atoms in total. The molecule has 24 heavy (non-hydrogen) atoms. The number of carboxylic acids is 3. The minimum Gasteiger partial charge on any atom is -0.492 e. The molecule has 0 heterocycles. The van der Waals surface area contributed by atoms with Crippen LogP contribution >= 0.6 is 0 Å². The summed E-state index contributed by atoms with van der Waals surface area (Å²) in [6, 6.07) is 5.73. The molecule has 1 aromatic rings. The molecule has 0 aliphatic rings. The van der Waals surface area contributed by atoms with Gasteiger partial charge in [0.05, 0.1) is 13.1 Å². The molecule has 0 radical (unpaired) electrons. The SMILES string of the molecule is O=C(O)CNCCOc1ccc(C[C@H](NCC(=O)O)C(=O)O)cc1. The summed E-state index contributed by atoms with van der Waals surface area (Å²) in [6.07, 6.45) is 0.142. The van der Waals surface area contributed by atoms with Crippen molar-refractivity contribution < 1.29 is 34.4 Å². The lowest BCUT2D eigenvalue weighted by Gasteiger charge is -2.13. The molecule has 0 spiro atoms. The number of hydrogen-bond acceptors (Lipinski definition) is 6. The summed E-state index contributed by atoms with van der Waals surface area (Å²) in [4.78, 5) is 31.9. The van der Waals surface area contributed by atoms with Crippen molar-refractivity contribution in [2.24, 2.45) is 0 Å².